The summed E-state index contributed by atoms with van der Waals surface area (Å²) in [5.74, 6) is -0.411. The summed E-state index contributed by atoms with van der Waals surface area (Å²) in [4.78, 5) is 28.4. The van der Waals surface area contributed by atoms with E-state index < -0.39 is 34.1 Å². The normalized spacial score (nSPS) is 12.8. The Bertz CT molecular complexity index is 1130. The molecular formula is C28H41N3O4S. The molecule has 7 nitrogen and oxygen atoms in total. The Balaban J connectivity index is 2.44. The van der Waals surface area contributed by atoms with E-state index in [1.165, 1.54) is 4.90 Å². The second-order valence-corrected chi connectivity index (χ2v) is 12.6. The number of sulfonamides is 1. The Morgan fingerprint density at radius 2 is 1.53 bits per heavy atom. The lowest BCUT2D eigenvalue weighted by Gasteiger charge is -2.34. The lowest BCUT2D eigenvalue weighted by Crippen LogP contribution is -2.55. The number of nitrogens with zero attached hydrogens (tertiary/aromatic N) is 2. The predicted molar refractivity (Wildman–Crippen MR) is 146 cm³/mol. The SMILES string of the molecule is CC[C@@H](C(=O)NC(C)(C)C)N(Cc1ccc(C)cc1)C(=O)CN(c1ccc(C(C)C)cc1)S(C)(=O)=O. The van der Waals surface area contributed by atoms with E-state index in [1.54, 1.807) is 12.1 Å². The number of rotatable bonds is 10. The molecule has 8 heteroatoms. The molecule has 0 saturated heterocycles. The molecule has 0 heterocycles. The number of hydrogen-bond acceptors (Lipinski definition) is 4. The molecule has 0 bridgehead atoms. The van der Waals surface area contributed by atoms with Crippen molar-refractivity contribution in [1.29, 1.82) is 0 Å². The molecule has 2 aromatic rings. The van der Waals surface area contributed by atoms with Crippen LogP contribution in [0.15, 0.2) is 48.5 Å². The van der Waals surface area contributed by atoms with Crippen molar-refractivity contribution in [2.45, 2.75) is 78.9 Å². The van der Waals surface area contributed by atoms with Crippen LogP contribution in [0.1, 0.15) is 70.6 Å². The van der Waals surface area contributed by atoms with Gasteiger partial charge in [-0.2, -0.15) is 0 Å². The third-order valence-electron chi connectivity index (χ3n) is 5.88. The molecule has 1 atom stereocenters. The van der Waals surface area contributed by atoms with Gasteiger partial charge in [0.25, 0.3) is 0 Å². The molecule has 0 radical (unpaired) electrons. The highest BCUT2D eigenvalue weighted by Crippen LogP contribution is 2.23. The molecule has 198 valence electrons. The van der Waals surface area contributed by atoms with Crippen molar-refractivity contribution in [2.24, 2.45) is 0 Å². The van der Waals surface area contributed by atoms with Gasteiger partial charge in [-0.1, -0.05) is 62.7 Å². The molecule has 0 aliphatic carbocycles. The zero-order chi connectivity index (χ0) is 27.3. The molecule has 36 heavy (non-hydrogen) atoms. The van der Waals surface area contributed by atoms with Crippen LogP contribution in [0, 0.1) is 6.92 Å². The molecule has 0 saturated carbocycles. The van der Waals surface area contributed by atoms with Crippen LogP contribution in [0.5, 0.6) is 0 Å². The van der Waals surface area contributed by atoms with E-state index in [-0.39, 0.29) is 12.5 Å². The highest BCUT2D eigenvalue weighted by Gasteiger charge is 2.33. The second kappa shape index (κ2) is 11.9. The van der Waals surface area contributed by atoms with Gasteiger partial charge in [-0.15, -0.1) is 0 Å². The van der Waals surface area contributed by atoms with Crippen LogP contribution < -0.4 is 9.62 Å². The summed E-state index contributed by atoms with van der Waals surface area (Å²) < 4.78 is 26.6. The Morgan fingerprint density at radius 3 is 1.97 bits per heavy atom. The average Bonchev–Trinajstić information content (AvgIpc) is 2.76. The first kappa shape index (κ1) is 29.4. The Hall–Kier alpha value is -2.87. The van der Waals surface area contributed by atoms with E-state index in [1.807, 2.05) is 71.0 Å². The highest BCUT2D eigenvalue weighted by molar-refractivity contribution is 7.92. The Kier molecular flexibility index (Phi) is 9.71. The van der Waals surface area contributed by atoms with Gasteiger partial charge in [0.2, 0.25) is 21.8 Å². The molecule has 0 aliphatic heterocycles. The summed E-state index contributed by atoms with van der Waals surface area (Å²) in [6.07, 6.45) is 1.48. The van der Waals surface area contributed by atoms with E-state index in [2.05, 4.69) is 19.2 Å². The number of benzene rings is 2. The molecule has 2 rings (SSSR count). The third kappa shape index (κ3) is 8.36. The summed E-state index contributed by atoms with van der Waals surface area (Å²) in [6.45, 7) is 13.4. The summed E-state index contributed by atoms with van der Waals surface area (Å²) in [7, 11) is -3.75. The van der Waals surface area contributed by atoms with Gasteiger partial charge in [0, 0.05) is 12.1 Å². The van der Waals surface area contributed by atoms with Gasteiger partial charge in [-0.25, -0.2) is 8.42 Å². The van der Waals surface area contributed by atoms with Crippen molar-refractivity contribution < 1.29 is 18.0 Å². The molecule has 2 aromatic carbocycles. The molecule has 0 unspecified atom stereocenters. The standard InChI is InChI=1S/C28H41N3O4S/c1-9-25(27(33)29-28(5,6)7)30(18-22-12-10-21(4)11-13-22)26(32)19-31(36(8,34)35)24-16-14-23(15-17-24)20(2)3/h10-17,20,25H,9,18-19H2,1-8H3,(H,29,33)/t25-/m0/s1. The van der Waals surface area contributed by atoms with Gasteiger partial charge in [0.1, 0.15) is 12.6 Å². The average molecular weight is 516 g/mol. The fourth-order valence-corrected chi connectivity index (χ4v) is 4.75. The van der Waals surface area contributed by atoms with E-state index in [0.29, 0.717) is 18.0 Å². The van der Waals surface area contributed by atoms with E-state index in [4.69, 9.17) is 0 Å². The third-order valence-corrected chi connectivity index (χ3v) is 7.03. The maximum Gasteiger partial charge on any atom is 0.244 e. The van der Waals surface area contributed by atoms with Crippen molar-refractivity contribution in [2.75, 3.05) is 17.1 Å². The highest BCUT2D eigenvalue weighted by atomic mass is 32.2. The maximum absolute atomic E-state index is 13.7. The number of carbonyl (C=O) groups is 2. The monoisotopic (exact) mass is 515 g/mol. The first-order chi connectivity index (χ1) is 16.6. The van der Waals surface area contributed by atoms with Gasteiger partial charge in [0.15, 0.2) is 0 Å². The molecule has 2 amide bonds. The first-order valence-corrected chi connectivity index (χ1v) is 14.2. The Labute approximate surface area is 216 Å². The topological polar surface area (TPSA) is 86.8 Å². The number of aryl methyl sites for hydroxylation is 1. The minimum Gasteiger partial charge on any atom is -0.350 e. The summed E-state index contributed by atoms with van der Waals surface area (Å²) >= 11 is 0. The largest absolute Gasteiger partial charge is 0.350 e. The minimum absolute atomic E-state index is 0.194. The van der Waals surface area contributed by atoms with Crippen LogP contribution in [-0.4, -0.2) is 49.5 Å². The van der Waals surface area contributed by atoms with Crippen LogP contribution >= 0.6 is 0 Å². The van der Waals surface area contributed by atoms with Crippen LogP contribution in [-0.2, 0) is 26.2 Å². The van der Waals surface area contributed by atoms with Crippen molar-refractivity contribution in [3.05, 3.63) is 65.2 Å². The van der Waals surface area contributed by atoms with Crippen LogP contribution in [0.2, 0.25) is 0 Å². The van der Waals surface area contributed by atoms with Crippen molar-refractivity contribution >= 4 is 27.5 Å². The van der Waals surface area contributed by atoms with Gasteiger partial charge < -0.3 is 10.2 Å². The first-order valence-electron chi connectivity index (χ1n) is 12.4. The molecule has 0 fully saturated rings. The van der Waals surface area contributed by atoms with E-state index in [9.17, 15) is 18.0 Å². The quantitative estimate of drug-likeness (QED) is 0.501. The van der Waals surface area contributed by atoms with Gasteiger partial charge >= 0.3 is 0 Å². The lowest BCUT2D eigenvalue weighted by atomic mass is 10.0. The van der Waals surface area contributed by atoms with Gasteiger partial charge in [0.05, 0.1) is 11.9 Å². The number of carbonyl (C=O) groups excluding carboxylic acids is 2. The Morgan fingerprint density at radius 1 is 0.972 bits per heavy atom. The minimum atomic E-state index is -3.75. The molecule has 1 N–H and O–H groups in total. The zero-order valence-electron chi connectivity index (χ0n) is 22.8. The molecular weight excluding hydrogens is 474 g/mol. The van der Waals surface area contributed by atoms with Gasteiger partial charge in [-0.3, -0.25) is 13.9 Å². The molecule has 0 spiro atoms. The maximum atomic E-state index is 13.7. The fraction of sp³-hybridized carbons (Fsp3) is 0.500. The fourth-order valence-electron chi connectivity index (χ4n) is 3.90. The number of nitrogens with one attached hydrogen (secondary N) is 1. The lowest BCUT2D eigenvalue weighted by molar-refractivity contribution is -0.141. The summed E-state index contributed by atoms with van der Waals surface area (Å²) in [6, 6.07) is 14.2. The second-order valence-electron chi connectivity index (χ2n) is 10.7. The number of anilines is 1. The van der Waals surface area contributed by atoms with E-state index in [0.717, 1.165) is 27.3 Å². The van der Waals surface area contributed by atoms with Crippen molar-refractivity contribution in [3.8, 4) is 0 Å². The van der Waals surface area contributed by atoms with Crippen LogP contribution in [0.4, 0.5) is 5.69 Å². The summed E-state index contributed by atoms with van der Waals surface area (Å²) in [5, 5.41) is 2.97. The van der Waals surface area contributed by atoms with Crippen molar-refractivity contribution in [3.63, 3.8) is 0 Å². The number of hydrogen-bond donors (Lipinski definition) is 1. The number of amides is 2. The predicted octanol–water partition coefficient (Wildman–Crippen LogP) is 4.61. The molecule has 0 aromatic heterocycles. The molecule has 0 aliphatic rings. The summed E-state index contributed by atoms with van der Waals surface area (Å²) in [5.41, 5.74) is 2.97. The van der Waals surface area contributed by atoms with Crippen LogP contribution in [0.3, 0.4) is 0 Å². The smallest absolute Gasteiger partial charge is 0.244 e. The van der Waals surface area contributed by atoms with Gasteiger partial charge in [-0.05, 0) is 63.3 Å². The van der Waals surface area contributed by atoms with Crippen LogP contribution in [0.25, 0.3) is 0 Å². The van der Waals surface area contributed by atoms with Crippen molar-refractivity contribution in [1.82, 2.24) is 10.2 Å². The van der Waals surface area contributed by atoms with E-state index >= 15 is 0 Å². The zero-order valence-corrected chi connectivity index (χ0v) is 23.6.